The highest BCUT2D eigenvalue weighted by molar-refractivity contribution is 7.90. The highest BCUT2D eigenvalue weighted by atomic mass is 32.2. The molecule has 0 unspecified atom stereocenters. The lowest BCUT2D eigenvalue weighted by Gasteiger charge is -2.15. The van der Waals surface area contributed by atoms with Crippen molar-refractivity contribution in [1.82, 2.24) is 14.3 Å². The molecule has 8 nitrogen and oxygen atoms in total. The molecule has 3 heterocycles. The maximum Gasteiger partial charge on any atom is 0.282 e. The van der Waals surface area contributed by atoms with E-state index in [-0.39, 0.29) is 23.4 Å². The normalized spacial score (nSPS) is 12.0. The Morgan fingerprint density at radius 1 is 1.14 bits per heavy atom. The molecular formula is C27H24FN3O5S. The van der Waals surface area contributed by atoms with Gasteiger partial charge in [-0.1, -0.05) is 18.2 Å². The zero-order valence-electron chi connectivity index (χ0n) is 20.3. The fourth-order valence-corrected chi connectivity index (χ4v) is 5.03. The Bertz CT molecular complexity index is 1850. The van der Waals surface area contributed by atoms with E-state index in [0.717, 1.165) is 5.39 Å². The molecule has 2 aromatic carbocycles. The maximum atomic E-state index is 15.1. The Hall–Kier alpha value is -4.18. The lowest BCUT2D eigenvalue weighted by molar-refractivity contribution is 0.0973. The number of halogens is 1. The topological polar surface area (TPSA) is 114 Å². The Labute approximate surface area is 211 Å². The maximum absolute atomic E-state index is 15.1. The van der Waals surface area contributed by atoms with Gasteiger partial charge in [-0.3, -0.25) is 9.59 Å². The second-order valence-electron chi connectivity index (χ2n) is 9.09. The smallest absolute Gasteiger partial charge is 0.282 e. The van der Waals surface area contributed by atoms with Gasteiger partial charge in [-0.25, -0.2) is 17.5 Å². The van der Waals surface area contributed by atoms with Gasteiger partial charge in [-0.05, 0) is 56.7 Å². The third kappa shape index (κ3) is 4.13. The van der Waals surface area contributed by atoms with Gasteiger partial charge < -0.3 is 14.0 Å². The number of pyridine rings is 1. The minimum Gasteiger partial charge on any atom is -0.464 e. The fourth-order valence-electron chi connectivity index (χ4n) is 4.44. The van der Waals surface area contributed by atoms with Crippen LogP contribution >= 0.6 is 0 Å². The number of furan rings is 1. The van der Waals surface area contributed by atoms with Crippen LogP contribution in [0.4, 0.5) is 4.39 Å². The van der Waals surface area contributed by atoms with Crippen molar-refractivity contribution in [2.24, 2.45) is 0 Å². The molecule has 3 aromatic heterocycles. The number of carbonyl (C=O) groups excluding carboxylic acids is 1. The Balaban J connectivity index is 1.91. The SMILES string of the molecule is Cc1cccc(Cn2c(C(=O)NS(=O)(=O)C(C)C)c(-c3ccc[nH]c3=O)c3c4occc4ccc32)c1F. The molecule has 0 aliphatic heterocycles. The van der Waals surface area contributed by atoms with Crippen molar-refractivity contribution < 1.29 is 22.0 Å². The van der Waals surface area contributed by atoms with Gasteiger partial charge in [-0.2, -0.15) is 0 Å². The average Bonchev–Trinajstić information content (AvgIpc) is 3.44. The van der Waals surface area contributed by atoms with Crippen molar-refractivity contribution >= 4 is 37.8 Å². The number of rotatable bonds is 6. The number of amides is 1. The highest BCUT2D eigenvalue weighted by Gasteiger charge is 2.31. The molecule has 1 amide bonds. The van der Waals surface area contributed by atoms with Crippen LogP contribution in [0.3, 0.4) is 0 Å². The van der Waals surface area contributed by atoms with Crippen molar-refractivity contribution in [2.75, 3.05) is 0 Å². The summed E-state index contributed by atoms with van der Waals surface area (Å²) in [6.45, 7) is 4.44. The molecule has 190 valence electrons. The molecule has 0 aliphatic rings. The number of nitrogens with zero attached hydrogens (tertiary/aromatic N) is 1. The van der Waals surface area contributed by atoms with Gasteiger partial charge in [-0.15, -0.1) is 0 Å². The number of carbonyl (C=O) groups is 1. The van der Waals surface area contributed by atoms with Crippen LogP contribution in [0.1, 0.15) is 35.5 Å². The molecule has 5 aromatic rings. The lowest BCUT2D eigenvalue weighted by Crippen LogP contribution is -2.37. The molecule has 0 saturated heterocycles. The summed E-state index contributed by atoms with van der Waals surface area (Å²) in [5.41, 5.74) is 1.39. The van der Waals surface area contributed by atoms with E-state index in [1.54, 1.807) is 55.5 Å². The Morgan fingerprint density at radius 2 is 1.92 bits per heavy atom. The minimum atomic E-state index is -4.02. The van der Waals surface area contributed by atoms with Crippen LogP contribution in [-0.2, 0) is 16.6 Å². The molecule has 0 radical (unpaired) electrons. The highest BCUT2D eigenvalue weighted by Crippen LogP contribution is 2.39. The van der Waals surface area contributed by atoms with Crippen molar-refractivity contribution in [3.8, 4) is 11.1 Å². The van der Waals surface area contributed by atoms with Gasteiger partial charge in [0.1, 0.15) is 17.1 Å². The number of sulfonamides is 1. The summed E-state index contributed by atoms with van der Waals surface area (Å²) < 4.78 is 49.9. The standard InChI is InChI=1S/C27H24FN3O5S/c1-15(2)37(34,35)30-27(33)24-21(19-8-5-12-29-26(19)32)22-20(10-9-17-11-13-36-25(17)22)31(24)14-18-7-4-6-16(3)23(18)28/h4-13,15H,14H2,1-3H3,(H,29,32)(H,30,33). The molecular weight excluding hydrogens is 497 g/mol. The van der Waals surface area contributed by atoms with Gasteiger partial charge >= 0.3 is 0 Å². The molecule has 2 N–H and O–H groups in total. The first kappa shape index (κ1) is 24.5. The summed E-state index contributed by atoms with van der Waals surface area (Å²) in [5, 5.41) is 0.282. The number of aromatic nitrogens is 2. The van der Waals surface area contributed by atoms with Crippen molar-refractivity contribution in [3.63, 3.8) is 0 Å². The van der Waals surface area contributed by atoms with Crippen molar-refractivity contribution in [1.29, 1.82) is 0 Å². The minimum absolute atomic E-state index is 0.0918. The van der Waals surface area contributed by atoms with E-state index < -0.39 is 32.6 Å². The molecule has 0 atom stereocenters. The zero-order valence-corrected chi connectivity index (χ0v) is 21.1. The molecule has 0 aliphatic carbocycles. The van der Waals surface area contributed by atoms with Crippen LogP contribution in [0.25, 0.3) is 33.0 Å². The molecule has 37 heavy (non-hydrogen) atoms. The average molecular weight is 522 g/mol. The number of aryl methyl sites for hydroxylation is 1. The van der Waals surface area contributed by atoms with Gasteiger partial charge in [0.05, 0.1) is 34.5 Å². The van der Waals surface area contributed by atoms with Crippen LogP contribution in [0.5, 0.6) is 0 Å². The predicted molar refractivity (Wildman–Crippen MR) is 140 cm³/mol. The summed E-state index contributed by atoms with van der Waals surface area (Å²) in [4.78, 5) is 29.3. The van der Waals surface area contributed by atoms with Crippen LogP contribution in [0.15, 0.2) is 70.2 Å². The molecule has 10 heteroatoms. The second kappa shape index (κ2) is 9.04. The van der Waals surface area contributed by atoms with Crippen LogP contribution in [0.2, 0.25) is 0 Å². The number of hydrogen-bond acceptors (Lipinski definition) is 5. The third-order valence-electron chi connectivity index (χ3n) is 6.41. The van der Waals surface area contributed by atoms with E-state index >= 15 is 4.39 Å². The Morgan fingerprint density at radius 3 is 2.65 bits per heavy atom. The van der Waals surface area contributed by atoms with Gasteiger partial charge in [0.2, 0.25) is 10.0 Å². The van der Waals surface area contributed by atoms with E-state index in [2.05, 4.69) is 9.71 Å². The number of benzene rings is 2. The van der Waals surface area contributed by atoms with Crippen LogP contribution < -0.4 is 10.3 Å². The zero-order chi connectivity index (χ0) is 26.5. The summed E-state index contributed by atoms with van der Waals surface area (Å²) in [6, 6.07) is 13.4. The summed E-state index contributed by atoms with van der Waals surface area (Å²) >= 11 is 0. The quantitative estimate of drug-likeness (QED) is 0.336. The summed E-state index contributed by atoms with van der Waals surface area (Å²) in [6.07, 6.45) is 2.95. The molecule has 0 spiro atoms. The first-order valence-corrected chi connectivity index (χ1v) is 13.1. The molecule has 5 rings (SSSR count). The first-order valence-electron chi connectivity index (χ1n) is 11.6. The van der Waals surface area contributed by atoms with Crippen LogP contribution in [0, 0.1) is 12.7 Å². The van der Waals surface area contributed by atoms with Crippen LogP contribution in [-0.4, -0.2) is 29.1 Å². The fraction of sp³-hybridized carbons (Fsp3) is 0.185. The monoisotopic (exact) mass is 521 g/mol. The predicted octanol–water partition coefficient (Wildman–Crippen LogP) is 4.71. The number of aromatic amines is 1. The summed E-state index contributed by atoms with van der Waals surface area (Å²) in [7, 11) is -4.02. The van der Waals surface area contributed by atoms with E-state index in [1.165, 1.54) is 30.9 Å². The summed E-state index contributed by atoms with van der Waals surface area (Å²) in [5.74, 6) is -1.38. The molecule has 0 fully saturated rings. The number of nitrogens with one attached hydrogen (secondary N) is 2. The van der Waals surface area contributed by atoms with Gasteiger partial charge in [0.25, 0.3) is 11.5 Å². The molecule has 0 bridgehead atoms. The van der Waals surface area contributed by atoms with E-state index in [9.17, 15) is 18.0 Å². The molecule has 0 saturated carbocycles. The number of hydrogen-bond donors (Lipinski definition) is 2. The third-order valence-corrected chi connectivity index (χ3v) is 8.12. The van der Waals surface area contributed by atoms with Gasteiger partial charge in [0.15, 0.2) is 0 Å². The first-order chi connectivity index (χ1) is 17.6. The van der Waals surface area contributed by atoms with E-state index in [1.807, 2.05) is 0 Å². The second-order valence-corrected chi connectivity index (χ2v) is 11.3. The van der Waals surface area contributed by atoms with E-state index in [4.69, 9.17) is 4.42 Å². The number of H-pyrrole nitrogens is 1. The Kier molecular flexibility index (Phi) is 5.99. The lowest BCUT2D eigenvalue weighted by atomic mass is 10.0. The van der Waals surface area contributed by atoms with Gasteiger partial charge in [0, 0.05) is 22.7 Å². The largest absolute Gasteiger partial charge is 0.464 e. The van der Waals surface area contributed by atoms with Crippen molar-refractivity contribution in [2.45, 2.75) is 32.6 Å². The van der Waals surface area contributed by atoms with Crippen molar-refractivity contribution in [3.05, 3.63) is 94.0 Å². The number of fused-ring (bicyclic) bond motifs is 3. The van der Waals surface area contributed by atoms with E-state index in [0.29, 0.717) is 27.6 Å².